The van der Waals surface area contributed by atoms with Gasteiger partial charge in [0.2, 0.25) is 0 Å². The van der Waals surface area contributed by atoms with Crippen LogP contribution in [0.5, 0.6) is 5.75 Å². The van der Waals surface area contributed by atoms with Crippen molar-refractivity contribution in [1.29, 1.82) is 0 Å². The Balaban J connectivity index is 1.52. The Morgan fingerprint density at radius 3 is 2.37 bits per heavy atom. The third-order valence-electron chi connectivity index (χ3n) is 6.35. The Bertz CT molecular complexity index is 1730. The van der Waals surface area contributed by atoms with Gasteiger partial charge < -0.3 is 4.74 Å². The summed E-state index contributed by atoms with van der Waals surface area (Å²) < 4.78 is 6.80. The molecule has 0 spiro atoms. The zero-order valence-corrected chi connectivity index (χ0v) is 21.7. The maximum atomic E-state index is 14.5. The first-order valence-electron chi connectivity index (χ1n) is 12.5. The third-order valence-corrected chi connectivity index (χ3v) is 7.39. The molecule has 1 amide bonds. The third kappa shape index (κ3) is 4.62. The first kappa shape index (κ1) is 23.8. The molecule has 2 heterocycles. The monoisotopic (exact) mass is 515 g/mol. The van der Waals surface area contributed by atoms with Gasteiger partial charge in [-0.3, -0.25) is 9.69 Å². The average Bonchev–Trinajstić information content (AvgIpc) is 3.41. The molecule has 38 heavy (non-hydrogen) atoms. The minimum atomic E-state index is -0.123. The SMILES string of the molecule is CCOc1cccc2sc(N(Cc3ccccc3)C(=O)c3cc(-c4ccccc4)nc4ccccc34)nc12. The number of thiazole rings is 1. The van der Waals surface area contributed by atoms with E-state index in [2.05, 4.69) is 0 Å². The highest BCUT2D eigenvalue weighted by atomic mass is 32.1. The molecule has 0 unspecified atom stereocenters. The summed E-state index contributed by atoms with van der Waals surface area (Å²) in [6, 6.07) is 35.5. The minimum absolute atomic E-state index is 0.123. The largest absolute Gasteiger partial charge is 0.492 e. The van der Waals surface area contributed by atoms with Crippen molar-refractivity contribution < 1.29 is 9.53 Å². The number of carbonyl (C=O) groups excluding carboxylic acids is 1. The fourth-order valence-corrected chi connectivity index (χ4v) is 5.53. The van der Waals surface area contributed by atoms with Gasteiger partial charge in [0.25, 0.3) is 5.91 Å². The molecule has 0 bridgehead atoms. The number of para-hydroxylation sites is 2. The molecule has 6 rings (SSSR count). The van der Waals surface area contributed by atoms with Gasteiger partial charge >= 0.3 is 0 Å². The number of benzene rings is 4. The second kappa shape index (κ2) is 10.4. The molecular formula is C32H25N3O2S. The number of carbonyl (C=O) groups is 1. The minimum Gasteiger partial charge on any atom is -0.492 e. The van der Waals surface area contributed by atoms with E-state index < -0.39 is 0 Å². The van der Waals surface area contributed by atoms with Crippen LogP contribution in [-0.4, -0.2) is 22.5 Å². The molecule has 0 saturated heterocycles. The molecule has 4 aromatic carbocycles. The van der Waals surface area contributed by atoms with Crippen molar-refractivity contribution in [3.63, 3.8) is 0 Å². The molecule has 0 saturated carbocycles. The lowest BCUT2D eigenvalue weighted by molar-refractivity contribution is 0.0986. The number of amides is 1. The number of anilines is 1. The standard InChI is InChI=1S/C32H25N3O2S/c1-2-37-28-18-11-19-29-30(28)34-32(38-29)35(21-22-12-5-3-6-13-22)31(36)25-20-27(23-14-7-4-8-15-23)33-26-17-10-9-16-24(25)26/h3-20H,2,21H2,1H3. The van der Waals surface area contributed by atoms with Crippen LogP contribution in [0, 0.1) is 0 Å². The molecular weight excluding hydrogens is 490 g/mol. The van der Waals surface area contributed by atoms with E-state index in [0.29, 0.717) is 23.8 Å². The predicted octanol–water partition coefficient (Wildman–Crippen LogP) is 7.76. The molecule has 0 aliphatic rings. The maximum Gasteiger partial charge on any atom is 0.261 e. The van der Waals surface area contributed by atoms with Crippen LogP contribution in [0.4, 0.5) is 5.13 Å². The number of rotatable bonds is 7. The van der Waals surface area contributed by atoms with Gasteiger partial charge in [-0.15, -0.1) is 0 Å². The van der Waals surface area contributed by atoms with Gasteiger partial charge in [-0.25, -0.2) is 9.97 Å². The number of fused-ring (bicyclic) bond motifs is 2. The zero-order chi connectivity index (χ0) is 25.9. The van der Waals surface area contributed by atoms with Crippen LogP contribution < -0.4 is 9.64 Å². The highest BCUT2D eigenvalue weighted by Gasteiger charge is 2.25. The van der Waals surface area contributed by atoms with E-state index in [1.807, 2.05) is 116 Å². The van der Waals surface area contributed by atoms with Gasteiger partial charge in [0.1, 0.15) is 11.3 Å². The van der Waals surface area contributed by atoms with Crippen LogP contribution in [0.25, 0.3) is 32.4 Å². The van der Waals surface area contributed by atoms with Crippen molar-refractivity contribution in [2.75, 3.05) is 11.5 Å². The number of nitrogens with zero attached hydrogens (tertiary/aromatic N) is 3. The highest BCUT2D eigenvalue weighted by molar-refractivity contribution is 7.22. The Morgan fingerprint density at radius 2 is 1.58 bits per heavy atom. The van der Waals surface area contributed by atoms with Crippen LogP contribution in [0.3, 0.4) is 0 Å². The molecule has 186 valence electrons. The average molecular weight is 516 g/mol. The quantitative estimate of drug-likeness (QED) is 0.218. The molecule has 0 aliphatic carbocycles. The van der Waals surface area contributed by atoms with E-state index >= 15 is 0 Å². The lowest BCUT2D eigenvalue weighted by Crippen LogP contribution is -2.30. The molecule has 5 nitrogen and oxygen atoms in total. The van der Waals surface area contributed by atoms with Crippen LogP contribution in [0.2, 0.25) is 0 Å². The Morgan fingerprint density at radius 1 is 0.842 bits per heavy atom. The van der Waals surface area contributed by atoms with Crippen LogP contribution in [0.15, 0.2) is 109 Å². The fourth-order valence-electron chi connectivity index (χ4n) is 4.55. The summed E-state index contributed by atoms with van der Waals surface area (Å²) in [6.45, 7) is 2.89. The van der Waals surface area contributed by atoms with Crippen molar-refractivity contribution in [2.24, 2.45) is 0 Å². The van der Waals surface area contributed by atoms with E-state index in [1.165, 1.54) is 11.3 Å². The topological polar surface area (TPSA) is 55.3 Å². The molecule has 2 aromatic heterocycles. The van der Waals surface area contributed by atoms with Crippen molar-refractivity contribution in [3.05, 3.63) is 120 Å². The van der Waals surface area contributed by atoms with Crippen molar-refractivity contribution in [1.82, 2.24) is 9.97 Å². The highest BCUT2D eigenvalue weighted by Crippen LogP contribution is 2.36. The van der Waals surface area contributed by atoms with Gasteiger partial charge in [-0.2, -0.15) is 0 Å². The smallest absolute Gasteiger partial charge is 0.261 e. The summed E-state index contributed by atoms with van der Waals surface area (Å²) in [5, 5.41) is 1.44. The Hall–Kier alpha value is -4.55. The fraction of sp³-hybridized carbons (Fsp3) is 0.0938. The molecule has 0 aliphatic heterocycles. The van der Waals surface area contributed by atoms with Crippen LogP contribution in [0.1, 0.15) is 22.8 Å². The maximum absolute atomic E-state index is 14.5. The molecule has 0 radical (unpaired) electrons. The van der Waals surface area contributed by atoms with Gasteiger partial charge in [-0.1, -0.05) is 96.3 Å². The summed E-state index contributed by atoms with van der Waals surface area (Å²) in [7, 11) is 0. The zero-order valence-electron chi connectivity index (χ0n) is 20.9. The molecule has 0 atom stereocenters. The van der Waals surface area contributed by atoms with E-state index in [0.717, 1.165) is 43.7 Å². The first-order valence-corrected chi connectivity index (χ1v) is 13.4. The van der Waals surface area contributed by atoms with E-state index in [4.69, 9.17) is 14.7 Å². The van der Waals surface area contributed by atoms with Gasteiger partial charge in [-0.05, 0) is 36.8 Å². The lowest BCUT2D eigenvalue weighted by Gasteiger charge is -2.21. The second-order valence-electron chi connectivity index (χ2n) is 8.85. The molecule has 0 N–H and O–H groups in total. The molecule has 6 heteroatoms. The van der Waals surface area contributed by atoms with E-state index in [1.54, 1.807) is 4.90 Å². The summed E-state index contributed by atoms with van der Waals surface area (Å²) in [5.41, 5.74) is 4.88. The predicted molar refractivity (Wildman–Crippen MR) is 155 cm³/mol. The van der Waals surface area contributed by atoms with Crippen LogP contribution >= 0.6 is 11.3 Å². The summed E-state index contributed by atoms with van der Waals surface area (Å²) >= 11 is 1.49. The Kier molecular flexibility index (Phi) is 6.54. The van der Waals surface area contributed by atoms with E-state index in [-0.39, 0.29) is 5.91 Å². The number of pyridine rings is 1. The summed E-state index contributed by atoms with van der Waals surface area (Å²) in [4.78, 5) is 26.0. The number of hydrogen-bond donors (Lipinski definition) is 0. The first-order chi connectivity index (χ1) is 18.7. The number of ether oxygens (including phenoxy) is 1. The van der Waals surface area contributed by atoms with Gasteiger partial charge in [0, 0.05) is 10.9 Å². The number of hydrogen-bond acceptors (Lipinski definition) is 5. The molecule has 0 fully saturated rings. The molecule has 6 aromatic rings. The van der Waals surface area contributed by atoms with Gasteiger partial charge in [0.05, 0.1) is 34.6 Å². The van der Waals surface area contributed by atoms with Crippen LogP contribution in [-0.2, 0) is 6.54 Å². The summed E-state index contributed by atoms with van der Waals surface area (Å²) in [5.74, 6) is 0.599. The normalized spacial score (nSPS) is 11.1. The van der Waals surface area contributed by atoms with E-state index in [9.17, 15) is 4.79 Å². The Labute approximate surface area is 225 Å². The van der Waals surface area contributed by atoms with Crippen molar-refractivity contribution in [3.8, 4) is 17.0 Å². The lowest BCUT2D eigenvalue weighted by atomic mass is 10.0. The van der Waals surface area contributed by atoms with Crippen molar-refractivity contribution in [2.45, 2.75) is 13.5 Å². The van der Waals surface area contributed by atoms with Crippen molar-refractivity contribution >= 4 is 43.5 Å². The van der Waals surface area contributed by atoms with Gasteiger partial charge in [0.15, 0.2) is 5.13 Å². The second-order valence-corrected chi connectivity index (χ2v) is 9.86. The summed E-state index contributed by atoms with van der Waals surface area (Å²) in [6.07, 6.45) is 0. The number of aromatic nitrogens is 2.